The van der Waals surface area contributed by atoms with E-state index in [9.17, 15) is 13.6 Å². The Balaban J connectivity index is 1.49. The highest BCUT2D eigenvalue weighted by molar-refractivity contribution is 7.14. The minimum Gasteiger partial charge on any atom is -0.335 e. The molecule has 1 amide bonds. The van der Waals surface area contributed by atoms with Crippen molar-refractivity contribution in [1.29, 1.82) is 0 Å². The van der Waals surface area contributed by atoms with Gasteiger partial charge in [0.1, 0.15) is 11.5 Å². The third kappa shape index (κ3) is 5.88. The van der Waals surface area contributed by atoms with Gasteiger partial charge in [-0.05, 0) is 19.4 Å². The van der Waals surface area contributed by atoms with E-state index in [4.69, 9.17) is 0 Å². The molecule has 3 heterocycles. The molecule has 0 aliphatic carbocycles. The third-order valence-corrected chi connectivity index (χ3v) is 4.70. The van der Waals surface area contributed by atoms with E-state index in [1.54, 1.807) is 36.2 Å². The van der Waals surface area contributed by atoms with E-state index in [-0.39, 0.29) is 18.7 Å². The van der Waals surface area contributed by atoms with Crippen LogP contribution in [0.1, 0.15) is 32.0 Å². The second-order valence-electron chi connectivity index (χ2n) is 6.37. The fourth-order valence-corrected chi connectivity index (χ4v) is 3.31. The van der Waals surface area contributed by atoms with Gasteiger partial charge in [-0.1, -0.05) is 0 Å². The Morgan fingerprint density at radius 3 is 2.79 bits per heavy atom. The molecule has 0 aromatic carbocycles. The van der Waals surface area contributed by atoms with Crippen LogP contribution >= 0.6 is 11.3 Å². The van der Waals surface area contributed by atoms with Gasteiger partial charge in [-0.15, -0.1) is 11.3 Å². The number of hydrogen-bond acceptors (Lipinski definition) is 6. The molecule has 10 heteroatoms. The van der Waals surface area contributed by atoms with Crippen molar-refractivity contribution in [2.45, 2.75) is 45.1 Å². The van der Waals surface area contributed by atoms with Gasteiger partial charge >= 0.3 is 0 Å². The Labute approximate surface area is 164 Å². The molecule has 28 heavy (non-hydrogen) atoms. The smallest absolute Gasteiger partial charge is 0.245 e. The quantitative estimate of drug-likeness (QED) is 0.584. The monoisotopic (exact) mass is 406 g/mol. The minimum atomic E-state index is -2.67. The molecule has 0 radical (unpaired) electrons. The second-order valence-corrected chi connectivity index (χ2v) is 7.23. The summed E-state index contributed by atoms with van der Waals surface area (Å²) in [5.41, 5.74) is 0.601. The standard InChI is InChI=1S/C18H20F2N6OS/c1-18(19,20)6-2-10-26-11-9-21-14(26)4-5-15(27)25-17-24-13(12-28-17)16-22-7-3-8-23-16/h3,7-9,11-12H,2,4-6,10H2,1H3,(H,24,25,27). The SMILES string of the molecule is CC(F)(F)CCCn1ccnc1CCC(=O)Nc1nc(-c2ncccn2)cs1. The Morgan fingerprint density at radius 2 is 2.04 bits per heavy atom. The number of carbonyl (C=O) groups is 1. The Kier molecular flexibility index (Phi) is 6.40. The zero-order chi connectivity index (χ0) is 20.0. The second kappa shape index (κ2) is 8.96. The molecule has 0 fully saturated rings. The molecule has 0 aliphatic heterocycles. The van der Waals surface area contributed by atoms with Crippen molar-refractivity contribution >= 4 is 22.4 Å². The van der Waals surface area contributed by atoms with E-state index in [0.717, 1.165) is 6.92 Å². The lowest BCUT2D eigenvalue weighted by Gasteiger charge is -2.11. The van der Waals surface area contributed by atoms with Crippen LogP contribution in [0.25, 0.3) is 11.5 Å². The van der Waals surface area contributed by atoms with E-state index in [1.807, 2.05) is 4.57 Å². The number of anilines is 1. The summed E-state index contributed by atoms with van der Waals surface area (Å²) in [6.45, 7) is 1.37. The predicted octanol–water partition coefficient (Wildman–Crippen LogP) is 3.80. The van der Waals surface area contributed by atoms with Gasteiger partial charge < -0.3 is 9.88 Å². The lowest BCUT2D eigenvalue weighted by Crippen LogP contribution is -2.15. The molecule has 3 aromatic heterocycles. The molecule has 7 nitrogen and oxygen atoms in total. The predicted molar refractivity (Wildman–Crippen MR) is 102 cm³/mol. The Hall–Kier alpha value is -2.75. The first-order chi connectivity index (χ1) is 13.4. The van der Waals surface area contributed by atoms with Crippen molar-refractivity contribution in [3.05, 3.63) is 42.1 Å². The molecular weight excluding hydrogens is 386 g/mol. The molecule has 0 saturated carbocycles. The summed E-state index contributed by atoms with van der Waals surface area (Å²) in [4.78, 5) is 29.0. The summed E-state index contributed by atoms with van der Waals surface area (Å²) in [5.74, 6) is -1.66. The maximum Gasteiger partial charge on any atom is 0.245 e. The summed E-state index contributed by atoms with van der Waals surface area (Å²) in [5, 5.41) is 5.01. The van der Waals surface area contributed by atoms with Gasteiger partial charge in [-0.25, -0.2) is 28.7 Å². The fourth-order valence-electron chi connectivity index (χ4n) is 2.60. The molecule has 148 valence electrons. The van der Waals surface area contributed by atoms with Gasteiger partial charge in [-0.2, -0.15) is 0 Å². The molecule has 0 spiro atoms. The molecule has 3 aromatic rings. The van der Waals surface area contributed by atoms with E-state index >= 15 is 0 Å². The highest BCUT2D eigenvalue weighted by Gasteiger charge is 2.20. The Bertz CT molecular complexity index is 906. The number of nitrogens with zero attached hydrogens (tertiary/aromatic N) is 5. The minimum absolute atomic E-state index is 0.178. The highest BCUT2D eigenvalue weighted by atomic mass is 32.1. The Morgan fingerprint density at radius 1 is 1.25 bits per heavy atom. The van der Waals surface area contributed by atoms with E-state index in [2.05, 4.69) is 25.3 Å². The van der Waals surface area contributed by atoms with Gasteiger partial charge in [0.2, 0.25) is 11.8 Å². The van der Waals surface area contributed by atoms with Gasteiger partial charge in [0.25, 0.3) is 0 Å². The molecule has 0 aliphatic rings. The number of rotatable bonds is 9. The van der Waals surface area contributed by atoms with Crippen LogP contribution in [0.5, 0.6) is 0 Å². The zero-order valence-electron chi connectivity index (χ0n) is 15.3. The third-order valence-electron chi connectivity index (χ3n) is 3.94. The number of imidazole rings is 1. The summed E-state index contributed by atoms with van der Waals surface area (Å²) in [6.07, 6.45) is 7.43. The zero-order valence-corrected chi connectivity index (χ0v) is 16.1. The van der Waals surface area contributed by atoms with Crippen LogP contribution in [-0.2, 0) is 17.8 Å². The van der Waals surface area contributed by atoms with E-state index in [0.29, 0.717) is 41.9 Å². The van der Waals surface area contributed by atoms with Crippen molar-refractivity contribution < 1.29 is 13.6 Å². The van der Waals surface area contributed by atoms with Crippen LogP contribution < -0.4 is 5.32 Å². The number of amides is 1. The van der Waals surface area contributed by atoms with E-state index in [1.165, 1.54) is 11.3 Å². The maximum absolute atomic E-state index is 12.9. The first-order valence-corrected chi connectivity index (χ1v) is 9.69. The number of nitrogens with one attached hydrogen (secondary N) is 1. The van der Waals surface area contributed by atoms with Crippen LogP contribution in [-0.4, -0.2) is 36.3 Å². The van der Waals surface area contributed by atoms with Crippen LogP contribution in [0.15, 0.2) is 36.2 Å². The molecule has 0 atom stereocenters. The van der Waals surface area contributed by atoms with Crippen molar-refractivity contribution in [2.24, 2.45) is 0 Å². The van der Waals surface area contributed by atoms with Crippen LogP contribution in [0.2, 0.25) is 0 Å². The summed E-state index contributed by atoms with van der Waals surface area (Å²) in [6, 6.07) is 1.72. The van der Waals surface area contributed by atoms with Gasteiger partial charge in [0.05, 0.1) is 0 Å². The first-order valence-electron chi connectivity index (χ1n) is 8.81. The lowest BCUT2D eigenvalue weighted by molar-refractivity contribution is -0.116. The molecule has 0 unspecified atom stereocenters. The number of aromatic nitrogens is 5. The largest absolute Gasteiger partial charge is 0.335 e. The van der Waals surface area contributed by atoms with Gasteiger partial charge in [0, 0.05) is 56.0 Å². The fraction of sp³-hybridized carbons (Fsp3) is 0.389. The number of carbonyl (C=O) groups excluding carboxylic acids is 1. The van der Waals surface area contributed by atoms with E-state index < -0.39 is 5.92 Å². The number of aryl methyl sites for hydroxylation is 2. The molecule has 0 saturated heterocycles. The first kappa shape index (κ1) is 20.0. The van der Waals surface area contributed by atoms with Gasteiger partial charge in [0.15, 0.2) is 11.0 Å². The molecule has 3 rings (SSSR count). The maximum atomic E-state index is 12.9. The number of alkyl halides is 2. The van der Waals surface area contributed by atoms with Crippen LogP contribution in [0.3, 0.4) is 0 Å². The topological polar surface area (TPSA) is 85.6 Å². The molecule has 1 N–H and O–H groups in total. The summed E-state index contributed by atoms with van der Waals surface area (Å²) < 4.78 is 27.7. The van der Waals surface area contributed by atoms with Crippen molar-refractivity contribution in [3.8, 4) is 11.5 Å². The molecule has 0 bridgehead atoms. The molecular formula is C18H20F2N6OS. The van der Waals surface area contributed by atoms with Gasteiger partial charge in [-0.3, -0.25) is 4.79 Å². The number of thiazole rings is 1. The summed E-state index contributed by atoms with van der Waals surface area (Å²) >= 11 is 1.30. The number of halogens is 2. The van der Waals surface area contributed by atoms with Crippen LogP contribution in [0.4, 0.5) is 13.9 Å². The van der Waals surface area contributed by atoms with Crippen molar-refractivity contribution in [1.82, 2.24) is 24.5 Å². The van der Waals surface area contributed by atoms with Crippen molar-refractivity contribution in [2.75, 3.05) is 5.32 Å². The average Bonchev–Trinajstić information content (AvgIpc) is 3.29. The lowest BCUT2D eigenvalue weighted by atomic mass is 10.2. The van der Waals surface area contributed by atoms with Crippen LogP contribution in [0, 0.1) is 0 Å². The normalized spacial score (nSPS) is 11.5. The van der Waals surface area contributed by atoms with Crippen molar-refractivity contribution in [3.63, 3.8) is 0 Å². The summed E-state index contributed by atoms with van der Waals surface area (Å²) in [7, 11) is 0. The number of hydrogen-bond donors (Lipinski definition) is 1. The average molecular weight is 406 g/mol. The highest BCUT2D eigenvalue weighted by Crippen LogP contribution is 2.22.